The standard InChI is InChI=1S/C21H24N4O5S/c22-17(26)12-24-16-7-9-31-18(16)20(28)25(21(24)29)11-13-3-5-14(6-4-13)19(27)23-10-15-2-1-8-30-15/h1-2,7-9,13-14H,3-6,10-12H2,(H2,22,26)(H,23,27). The molecular formula is C21H24N4O5S. The first-order chi connectivity index (χ1) is 14.9. The molecule has 10 heteroatoms. The normalized spacial score (nSPS) is 18.8. The van der Waals surface area contributed by atoms with Crippen LogP contribution in [0.1, 0.15) is 31.4 Å². The SMILES string of the molecule is NC(=O)Cn1c(=O)n(CC2CCC(C(=O)NCc3ccco3)CC2)c(=O)c2sccc21. The van der Waals surface area contributed by atoms with Crippen LogP contribution in [0.4, 0.5) is 0 Å². The van der Waals surface area contributed by atoms with Crippen LogP contribution in [0.3, 0.4) is 0 Å². The van der Waals surface area contributed by atoms with Crippen LogP contribution in [0.5, 0.6) is 0 Å². The molecule has 3 aromatic heterocycles. The maximum absolute atomic E-state index is 12.9. The number of nitrogens with two attached hydrogens (primary N) is 1. The predicted octanol–water partition coefficient (Wildman–Crippen LogP) is 1.43. The molecule has 0 radical (unpaired) electrons. The lowest BCUT2D eigenvalue weighted by atomic mass is 9.81. The molecule has 2 amide bonds. The van der Waals surface area contributed by atoms with Crippen molar-refractivity contribution in [3.63, 3.8) is 0 Å². The van der Waals surface area contributed by atoms with Gasteiger partial charge in [-0.25, -0.2) is 4.79 Å². The van der Waals surface area contributed by atoms with E-state index >= 15 is 0 Å². The van der Waals surface area contributed by atoms with Crippen LogP contribution in [0, 0.1) is 11.8 Å². The highest BCUT2D eigenvalue weighted by atomic mass is 32.1. The van der Waals surface area contributed by atoms with E-state index in [1.807, 2.05) is 6.07 Å². The quantitative estimate of drug-likeness (QED) is 0.569. The number of carbonyl (C=O) groups is 2. The van der Waals surface area contributed by atoms with E-state index in [-0.39, 0.29) is 36.4 Å². The van der Waals surface area contributed by atoms with Gasteiger partial charge in [0, 0.05) is 12.5 Å². The first kappa shape index (κ1) is 21.1. The lowest BCUT2D eigenvalue weighted by molar-refractivity contribution is -0.126. The van der Waals surface area contributed by atoms with Gasteiger partial charge in [-0.1, -0.05) is 0 Å². The molecule has 3 N–H and O–H groups in total. The van der Waals surface area contributed by atoms with E-state index in [1.54, 1.807) is 23.8 Å². The van der Waals surface area contributed by atoms with E-state index in [9.17, 15) is 19.2 Å². The monoisotopic (exact) mass is 444 g/mol. The number of hydrogen-bond donors (Lipinski definition) is 2. The van der Waals surface area contributed by atoms with Gasteiger partial charge in [0.1, 0.15) is 17.0 Å². The van der Waals surface area contributed by atoms with Crippen molar-refractivity contribution in [2.24, 2.45) is 17.6 Å². The molecule has 1 fully saturated rings. The maximum atomic E-state index is 12.9. The Morgan fingerprint density at radius 1 is 1.16 bits per heavy atom. The fraction of sp³-hybridized carbons (Fsp3) is 0.429. The fourth-order valence-corrected chi connectivity index (χ4v) is 5.04. The number of carbonyl (C=O) groups excluding carboxylic acids is 2. The number of rotatable bonds is 7. The van der Waals surface area contributed by atoms with Gasteiger partial charge in [0.05, 0.1) is 18.3 Å². The summed E-state index contributed by atoms with van der Waals surface area (Å²) in [5.74, 6) is 0.0857. The first-order valence-electron chi connectivity index (χ1n) is 10.2. The molecule has 0 unspecified atom stereocenters. The summed E-state index contributed by atoms with van der Waals surface area (Å²) in [6.07, 6.45) is 4.44. The van der Waals surface area contributed by atoms with Crippen LogP contribution in [-0.4, -0.2) is 20.9 Å². The van der Waals surface area contributed by atoms with Crippen molar-refractivity contribution < 1.29 is 14.0 Å². The second kappa shape index (κ2) is 8.93. The molecule has 9 nitrogen and oxygen atoms in total. The Morgan fingerprint density at radius 2 is 1.94 bits per heavy atom. The van der Waals surface area contributed by atoms with Gasteiger partial charge in [0.15, 0.2) is 0 Å². The largest absolute Gasteiger partial charge is 0.467 e. The summed E-state index contributed by atoms with van der Waals surface area (Å²) in [5.41, 5.74) is 4.88. The zero-order valence-corrected chi connectivity index (χ0v) is 17.7. The van der Waals surface area contributed by atoms with Crippen LogP contribution in [0.2, 0.25) is 0 Å². The zero-order chi connectivity index (χ0) is 22.0. The van der Waals surface area contributed by atoms with Crippen LogP contribution >= 0.6 is 11.3 Å². The van der Waals surface area contributed by atoms with Crippen molar-refractivity contribution in [2.45, 2.75) is 45.3 Å². The van der Waals surface area contributed by atoms with E-state index in [2.05, 4.69) is 5.32 Å². The van der Waals surface area contributed by atoms with Crippen LogP contribution < -0.4 is 22.3 Å². The molecule has 0 saturated heterocycles. The Hall–Kier alpha value is -3.14. The van der Waals surface area contributed by atoms with Crippen LogP contribution in [-0.2, 0) is 29.2 Å². The summed E-state index contributed by atoms with van der Waals surface area (Å²) in [6.45, 7) is 0.362. The van der Waals surface area contributed by atoms with Crippen molar-refractivity contribution in [1.82, 2.24) is 14.5 Å². The number of nitrogens with one attached hydrogen (secondary N) is 1. The highest BCUT2D eigenvalue weighted by Crippen LogP contribution is 2.30. The third kappa shape index (κ3) is 4.48. The summed E-state index contributed by atoms with van der Waals surface area (Å²) in [5, 5.41) is 4.62. The summed E-state index contributed by atoms with van der Waals surface area (Å²) >= 11 is 1.24. The van der Waals surface area contributed by atoms with Crippen LogP contribution in [0.15, 0.2) is 43.8 Å². The van der Waals surface area contributed by atoms with Gasteiger partial charge in [-0.05, 0) is 55.2 Å². The minimum absolute atomic E-state index is 0.00386. The van der Waals surface area contributed by atoms with Gasteiger partial charge in [0.2, 0.25) is 11.8 Å². The van der Waals surface area contributed by atoms with Gasteiger partial charge >= 0.3 is 5.69 Å². The van der Waals surface area contributed by atoms with Crippen molar-refractivity contribution >= 4 is 33.4 Å². The average Bonchev–Trinajstić information content (AvgIpc) is 3.45. The molecule has 0 bridgehead atoms. The molecule has 0 spiro atoms. The smallest absolute Gasteiger partial charge is 0.332 e. The molecule has 1 aliphatic carbocycles. The topological polar surface area (TPSA) is 129 Å². The number of primary amides is 1. The Morgan fingerprint density at radius 3 is 2.61 bits per heavy atom. The molecule has 0 aromatic carbocycles. The minimum atomic E-state index is -0.638. The highest BCUT2D eigenvalue weighted by molar-refractivity contribution is 7.17. The van der Waals surface area contributed by atoms with Crippen molar-refractivity contribution in [3.05, 3.63) is 56.4 Å². The summed E-state index contributed by atoms with van der Waals surface area (Å²) < 4.78 is 8.14. The molecule has 1 saturated carbocycles. The number of hydrogen-bond acceptors (Lipinski definition) is 6. The Balaban J connectivity index is 1.43. The number of amides is 2. The summed E-state index contributed by atoms with van der Waals surface area (Å²) in [4.78, 5) is 49.7. The molecule has 4 rings (SSSR count). The van der Waals surface area contributed by atoms with Gasteiger partial charge in [-0.2, -0.15) is 0 Å². The Kier molecular flexibility index (Phi) is 6.08. The van der Waals surface area contributed by atoms with Crippen molar-refractivity contribution in [2.75, 3.05) is 0 Å². The number of aromatic nitrogens is 2. The van der Waals surface area contributed by atoms with Gasteiger partial charge in [-0.15, -0.1) is 11.3 Å². The van der Waals surface area contributed by atoms with E-state index in [0.29, 0.717) is 35.4 Å². The van der Waals surface area contributed by atoms with Crippen molar-refractivity contribution in [1.29, 1.82) is 0 Å². The van der Waals surface area contributed by atoms with Gasteiger partial charge < -0.3 is 15.5 Å². The lowest BCUT2D eigenvalue weighted by Gasteiger charge is -2.28. The maximum Gasteiger partial charge on any atom is 0.332 e. The zero-order valence-electron chi connectivity index (χ0n) is 16.9. The molecule has 0 atom stereocenters. The first-order valence-corrected chi connectivity index (χ1v) is 11.1. The number of furan rings is 1. The molecule has 1 aliphatic rings. The second-order valence-electron chi connectivity index (χ2n) is 7.90. The third-order valence-corrected chi connectivity index (χ3v) is 6.72. The Bertz CT molecular complexity index is 1200. The minimum Gasteiger partial charge on any atom is -0.467 e. The lowest BCUT2D eigenvalue weighted by Crippen LogP contribution is -2.43. The van der Waals surface area contributed by atoms with E-state index < -0.39 is 11.6 Å². The molecule has 3 aromatic rings. The molecular weight excluding hydrogens is 420 g/mol. The average molecular weight is 445 g/mol. The Labute approximate surface area is 181 Å². The second-order valence-corrected chi connectivity index (χ2v) is 8.82. The highest BCUT2D eigenvalue weighted by Gasteiger charge is 2.27. The molecule has 3 heterocycles. The third-order valence-electron chi connectivity index (χ3n) is 5.83. The van der Waals surface area contributed by atoms with Crippen molar-refractivity contribution in [3.8, 4) is 0 Å². The fourth-order valence-electron chi connectivity index (χ4n) is 4.20. The summed E-state index contributed by atoms with van der Waals surface area (Å²) in [6, 6.07) is 5.24. The molecule has 164 valence electrons. The predicted molar refractivity (Wildman–Crippen MR) is 116 cm³/mol. The number of nitrogens with zero attached hydrogens (tertiary/aromatic N) is 2. The molecule has 31 heavy (non-hydrogen) atoms. The van der Waals surface area contributed by atoms with Gasteiger partial charge in [0.25, 0.3) is 5.56 Å². The van der Waals surface area contributed by atoms with E-state index in [1.165, 1.54) is 20.5 Å². The summed E-state index contributed by atoms with van der Waals surface area (Å²) in [7, 11) is 0. The molecule has 0 aliphatic heterocycles. The number of thiophene rings is 1. The van der Waals surface area contributed by atoms with Crippen LogP contribution in [0.25, 0.3) is 10.2 Å². The van der Waals surface area contributed by atoms with E-state index in [4.69, 9.17) is 10.2 Å². The van der Waals surface area contributed by atoms with Gasteiger partial charge in [-0.3, -0.25) is 23.5 Å². The van der Waals surface area contributed by atoms with E-state index in [0.717, 1.165) is 12.8 Å². The number of fused-ring (bicyclic) bond motifs is 1.